The normalized spacial score (nSPS) is 9.03. The van der Waals surface area contributed by atoms with Crippen molar-refractivity contribution in [1.82, 2.24) is 0 Å². The van der Waals surface area contributed by atoms with Crippen LogP contribution in [0.5, 0.6) is 0 Å². The van der Waals surface area contributed by atoms with Gasteiger partial charge in [-0.25, -0.2) is 13.2 Å². The largest absolute Gasteiger partial charge is 0.206 e. The number of aryl methyl sites for hydroxylation is 11. The van der Waals surface area contributed by atoms with Crippen LogP contribution in [-0.4, -0.2) is 0 Å². The third-order valence-corrected chi connectivity index (χ3v) is 8.94. The minimum Gasteiger partial charge on any atom is -0.206 e. The van der Waals surface area contributed by atoms with E-state index >= 15 is 0 Å². The van der Waals surface area contributed by atoms with E-state index in [1.807, 2.05) is 129 Å². The molecule has 0 bridgehead atoms. The van der Waals surface area contributed by atoms with E-state index in [-0.39, 0.29) is 5.69 Å². The van der Waals surface area contributed by atoms with Gasteiger partial charge < -0.3 is 0 Å². The van der Waals surface area contributed by atoms with Gasteiger partial charge in [0.2, 0.25) is 0 Å². The molecule has 6 aromatic rings. The van der Waals surface area contributed by atoms with E-state index in [0.717, 1.165) is 62.5 Å². The quantitative estimate of drug-likeness (QED) is 0.0855. The van der Waals surface area contributed by atoms with E-state index in [4.69, 9.17) is 33.2 Å². The highest BCUT2D eigenvalue weighted by molar-refractivity contribution is 5.54. The molecule has 0 aliphatic rings. The van der Waals surface area contributed by atoms with Crippen LogP contribution in [0.25, 0.3) is 62.7 Å². The van der Waals surface area contributed by atoms with Crippen LogP contribution in [0.15, 0.2) is 128 Å². The molecule has 0 saturated carbocycles. The minimum atomic E-state index is -0.842. The van der Waals surface area contributed by atoms with Crippen molar-refractivity contribution in [2.45, 2.75) is 76.2 Å². The molecule has 0 unspecified atom stereocenters. The summed E-state index contributed by atoms with van der Waals surface area (Å²) in [6.45, 7) is 21.0. The standard InChI is InChI=1S/C9H11N3.3C8H9N3.C7H5F2N3.C7H6FN3/c1-6-4-7(2)9(11-12-10)8(3)5-6;2*1-6-3-4-8(10-11-9)7(2)5-6;1-6-4-3-5-7(2)8(6)10-11-9;1-4-2-5(8)7(11-12-10)6(9)3-4;1-5-2-3-7(10-11-9)6(8)4-5/h4-5H,1-3H3;3*3-5H,1-2H3;2-3H,1H3;2-4H,1H3. The van der Waals surface area contributed by atoms with E-state index in [0.29, 0.717) is 16.9 Å². The molecule has 0 saturated heterocycles. The maximum Gasteiger partial charge on any atom is 0.136 e. The molecule has 0 aliphatic carbocycles. The van der Waals surface area contributed by atoms with Gasteiger partial charge in [-0.2, -0.15) is 0 Å². The van der Waals surface area contributed by atoms with Crippen LogP contribution in [-0.2, 0) is 0 Å². The molecule has 348 valence electrons. The predicted molar refractivity (Wildman–Crippen MR) is 263 cm³/mol. The second-order valence-corrected chi connectivity index (χ2v) is 14.7. The zero-order valence-electron chi connectivity index (χ0n) is 39.4. The Labute approximate surface area is 391 Å². The molecule has 6 aromatic carbocycles. The fraction of sp³-hybridized carbons (Fsp3) is 0.234. The van der Waals surface area contributed by atoms with Crippen LogP contribution < -0.4 is 0 Å². The van der Waals surface area contributed by atoms with Crippen molar-refractivity contribution in [3.63, 3.8) is 0 Å². The van der Waals surface area contributed by atoms with Gasteiger partial charge in [-0.15, -0.1) is 0 Å². The summed E-state index contributed by atoms with van der Waals surface area (Å²) < 4.78 is 38.4. The first kappa shape index (κ1) is 57.0. The average Bonchev–Trinajstić information content (AvgIpc) is 3.26. The van der Waals surface area contributed by atoms with Gasteiger partial charge in [0, 0.05) is 52.2 Å². The van der Waals surface area contributed by atoms with Gasteiger partial charge in [0.15, 0.2) is 0 Å². The zero-order valence-corrected chi connectivity index (χ0v) is 39.4. The molecule has 0 atom stereocenters. The molecule has 0 aromatic heterocycles. The molecule has 0 spiro atoms. The van der Waals surface area contributed by atoms with Crippen molar-refractivity contribution >= 4 is 34.1 Å². The molecule has 21 heteroatoms. The highest BCUT2D eigenvalue weighted by atomic mass is 19.1. The van der Waals surface area contributed by atoms with Gasteiger partial charge in [-0.3, -0.25) is 0 Å². The van der Waals surface area contributed by atoms with Gasteiger partial charge in [0.1, 0.15) is 23.1 Å². The summed E-state index contributed by atoms with van der Waals surface area (Å²) in [4.78, 5) is 15.8. The third-order valence-electron chi connectivity index (χ3n) is 8.94. The number of benzene rings is 6. The van der Waals surface area contributed by atoms with Gasteiger partial charge in [-0.1, -0.05) is 120 Å². The molecule has 0 amide bonds. The monoisotopic (exact) mass is 922 g/mol. The molecule has 0 fully saturated rings. The highest BCUT2D eigenvalue weighted by Crippen LogP contribution is 2.26. The Morgan fingerprint density at radius 2 is 0.588 bits per heavy atom. The summed E-state index contributed by atoms with van der Waals surface area (Å²) >= 11 is 0. The number of azide groups is 6. The maximum absolute atomic E-state index is 12.8. The van der Waals surface area contributed by atoms with Crippen molar-refractivity contribution in [3.05, 3.63) is 238 Å². The van der Waals surface area contributed by atoms with Crippen LogP contribution in [0.1, 0.15) is 61.2 Å². The van der Waals surface area contributed by atoms with Crippen LogP contribution in [0, 0.1) is 93.6 Å². The van der Waals surface area contributed by atoms with E-state index in [1.54, 1.807) is 19.9 Å². The second kappa shape index (κ2) is 30.2. The first-order valence-corrected chi connectivity index (χ1v) is 20.1. The number of halogens is 3. The lowest BCUT2D eigenvalue weighted by Crippen LogP contribution is -1.83. The van der Waals surface area contributed by atoms with Crippen LogP contribution in [0.2, 0.25) is 0 Å². The summed E-state index contributed by atoms with van der Waals surface area (Å²) in [5.74, 6) is -2.17. The molecule has 0 aliphatic heterocycles. The van der Waals surface area contributed by atoms with Crippen molar-refractivity contribution in [2.24, 2.45) is 30.7 Å². The molecule has 0 radical (unpaired) electrons. The number of hydrogen-bond donors (Lipinski definition) is 0. The summed E-state index contributed by atoms with van der Waals surface area (Å²) in [6.07, 6.45) is 0. The molecular weight excluding hydrogens is 874 g/mol. The van der Waals surface area contributed by atoms with E-state index in [9.17, 15) is 13.2 Å². The van der Waals surface area contributed by atoms with Gasteiger partial charge in [0.25, 0.3) is 0 Å². The number of nitrogens with zero attached hydrogens (tertiary/aromatic N) is 18. The lowest BCUT2D eigenvalue weighted by atomic mass is 10.1. The average molecular weight is 923 g/mol. The van der Waals surface area contributed by atoms with Gasteiger partial charge in [-0.05, 0) is 178 Å². The first-order valence-electron chi connectivity index (χ1n) is 20.1. The Balaban J connectivity index is 0.000000408. The van der Waals surface area contributed by atoms with E-state index in [1.165, 1.54) is 28.8 Å². The number of hydrogen-bond acceptors (Lipinski definition) is 6. The fourth-order valence-electron chi connectivity index (χ4n) is 5.89. The van der Waals surface area contributed by atoms with Crippen LogP contribution in [0.3, 0.4) is 0 Å². The highest BCUT2D eigenvalue weighted by Gasteiger charge is 2.07. The molecule has 68 heavy (non-hydrogen) atoms. The Bertz CT molecular complexity index is 2710. The summed E-state index contributed by atoms with van der Waals surface area (Å²) in [5, 5.41) is 20.3. The minimum absolute atomic E-state index is 0.0399. The molecule has 6 rings (SSSR count). The maximum atomic E-state index is 12.8. The molecular formula is C47H49F3N18. The zero-order chi connectivity index (χ0) is 51.3. The molecule has 18 nitrogen and oxygen atoms in total. The smallest absolute Gasteiger partial charge is 0.136 e. The topological polar surface area (TPSA) is 293 Å². The van der Waals surface area contributed by atoms with Crippen molar-refractivity contribution in [2.75, 3.05) is 0 Å². The third kappa shape index (κ3) is 20.2. The van der Waals surface area contributed by atoms with Crippen molar-refractivity contribution < 1.29 is 13.2 Å². The Morgan fingerprint density at radius 3 is 0.956 bits per heavy atom. The van der Waals surface area contributed by atoms with Gasteiger partial charge >= 0.3 is 0 Å². The van der Waals surface area contributed by atoms with Crippen LogP contribution in [0.4, 0.5) is 47.3 Å². The summed E-state index contributed by atoms with van der Waals surface area (Å²) in [7, 11) is 0. The Morgan fingerprint density at radius 1 is 0.294 bits per heavy atom. The molecule has 0 N–H and O–H groups in total. The summed E-state index contributed by atoms with van der Waals surface area (Å²) in [5.41, 5.74) is 62.1. The lowest BCUT2D eigenvalue weighted by molar-refractivity contribution is 0.585. The Kier molecular flexibility index (Phi) is 25.3. The fourth-order valence-corrected chi connectivity index (χ4v) is 5.89. The summed E-state index contributed by atoms with van der Waals surface area (Å²) in [6, 6.07) is 28.0. The molecule has 0 heterocycles. The second-order valence-electron chi connectivity index (χ2n) is 14.7. The Hall–Kier alpha value is -9.03. The lowest BCUT2D eigenvalue weighted by Gasteiger charge is -2.04. The van der Waals surface area contributed by atoms with Crippen molar-refractivity contribution in [3.8, 4) is 0 Å². The SMILES string of the molecule is Cc1cc(C)c(N=[N+]=[N-])c(C)c1.Cc1cc(F)c(N=[N+]=[N-])c(F)c1.Cc1ccc(N=[N+]=[N-])c(C)c1.Cc1ccc(N=[N+]=[N-])c(C)c1.Cc1ccc(N=[N+]=[N-])c(F)c1.Cc1cccc(C)c1N=[N+]=[N-]. The number of rotatable bonds is 6. The van der Waals surface area contributed by atoms with Gasteiger partial charge in [0.05, 0.1) is 5.69 Å². The van der Waals surface area contributed by atoms with E-state index in [2.05, 4.69) is 60.2 Å². The van der Waals surface area contributed by atoms with Crippen molar-refractivity contribution in [1.29, 1.82) is 0 Å². The van der Waals surface area contributed by atoms with Crippen LogP contribution >= 0.6 is 0 Å². The first-order chi connectivity index (χ1) is 32.3. The predicted octanol–water partition coefficient (Wildman–Crippen LogP) is 19.6. The van der Waals surface area contributed by atoms with E-state index < -0.39 is 23.1 Å².